The van der Waals surface area contributed by atoms with Crippen LogP contribution in [0.25, 0.3) is 5.69 Å². The molecule has 4 rings (SSSR count). The van der Waals surface area contributed by atoms with Crippen molar-refractivity contribution < 1.29 is 14.3 Å². The van der Waals surface area contributed by atoms with Crippen LogP contribution >= 0.6 is 0 Å². The van der Waals surface area contributed by atoms with Crippen LogP contribution in [-0.4, -0.2) is 28.1 Å². The number of aromatic nitrogens is 2. The molecule has 166 valence electrons. The monoisotopic (exact) mass is 439 g/mol. The van der Waals surface area contributed by atoms with E-state index in [1.165, 1.54) is 5.56 Å². The molecule has 6 heteroatoms. The molecule has 1 aromatic heterocycles. The van der Waals surface area contributed by atoms with Gasteiger partial charge in [0, 0.05) is 11.1 Å². The summed E-state index contributed by atoms with van der Waals surface area (Å²) in [5.41, 5.74) is 5.54. The van der Waals surface area contributed by atoms with E-state index in [2.05, 4.69) is 10.4 Å². The average molecular weight is 440 g/mol. The summed E-state index contributed by atoms with van der Waals surface area (Å²) >= 11 is 0. The predicted molar refractivity (Wildman–Crippen MR) is 128 cm³/mol. The van der Waals surface area contributed by atoms with E-state index in [-0.39, 0.29) is 18.3 Å². The zero-order valence-electron chi connectivity index (χ0n) is 18.8. The predicted octanol–water partition coefficient (Wildman–Crippen LogP) is 5.05. The number of carbonyl (C=O) groups is 2. The molecule has 0 radical (unpaired) electrons. The molecule has 33 heavy (non-hydrogen) atoms. The maximum Gasteiger partial charge on any atom is 0.262 e. The number of nitrogens with zero attached hydrogens (tertiary/aromatic N) is 2. The number of anilines is 1. The molecule has 3 aromatic carbocycles. The van der Waals surface area contributed by atoms with Crippen molar-refractivity contribution in [3.63, 3.8) is 0 Å². The number of rotatable bonds is 7. The lowest BCUT2D eigenvalue weighted by atomic mass is 10.0. The molecule has 0 saturated heterocycles. The number of ether oxygens (including phenoxy) is 1. The summed E-state index contributed by atoms with van der Waals surface area (Å²) in [5.74, 6) is 0.170. The summed E-state index contributed by atoms with van der Waals surface area (Å²) < 4.78 is 7.43. The van der Waals surface area contributed by atoms with E-state index in [9.17, 15) is 9.59 Å². The maximum atomic E-state index is 12.5. The first kappa shape index (κ1) is 22.0. The second-order valence-electron chi connectivity index (χ2n) is 7.85. The Morgan fingerprint density at radius 2 is 1.48 bits per heavy atom. The number of hydrogen-bond acceptors (Lipinski definition) is 4. The number of aryl methyl sites for hydroxylation is 2. The van der Waals surface area contributed by atoms with Crippen molar-refractivity contribution in [1.82, 2.24) is 9.78 Å². The molecule has 1 amide bonds. The Balaban J connectivity index is 1.38. The van der Waals surface area contributed by atoms with E-state index in [1.54, 1.807) is 36.4 Å². The fourth-order valence-electron chi connectivity index (χ4n) is 3.54. The number of carbonyl (C=O) groups excluding carboxylic acids is 2. The van der Waals surface area contributed by atoms with Crippen LogP contribution in [0.4, 0.5) is 5.69 Å². The van der Waals surface area contributed by atoms with Crippen LogP contribution in [0.1, 0.15) is 32.9 Å². The van der Waals surface area contributed by atoms with Gasteiger partial charge in [0.1, 0.15) is 5.75 Å². The molecule has 0 spiro atoms. The first-order valence-corrected chi connectivity index (χ1v) is 10.7. The van der Waals surface area contributed by atoms with Gasteiger partial charge in [-0.1, -0.05) is 48.0 Å². The molecular formula is C27H25N3O3. The lowest BCUT2D eigenvalue weighted by Crippen LogP contribution is -2.21. The minimum atomic E-state index is -0.283. The van der Waals surface area contributed by atoms with Gasteiger partial charge < -0.3 is 10.1 Å². The van der Waals surface area contributed by atoms with Gasteiger partial charge in [-0.25, -0.2) is 4.68 Å². The lowest BCUT2D eigenvalue weighted by Gasteiger charge is -2.09. The van der Waals surface area contributed by atoms with E-state index in [0.717, 1.165) is 17.1 Å². The highest BCUT2D eigenvalue weighted by Crippen LogP contribution is 2.23. The number of amides is 1. The van der Waals surface area contributed by atoms with Gasteiger partial charge >= 0.3 is 0 Å². The third-order valence-corrected chi connectivity index (χ3v) is 5.36. The van der Waals surface area contributed by atoms with Crippen LogP contribution in [0.2, 0.25) is 0 Å². The number of benzene rings is 3. The van der Waals surface area contributed by atoms with Crippen LogP contribution in [0, 0.1) is 20.8 Å². The summed E-state index contributed by atoms with van der Waals surface area (Å²) in [7, 11) is 0. The van der Waals surface area contributed by atoms with E-state index in [4.69, 9.17) is 4.74 Å². The highest BCUT2D eigenvalue weighted by molar-refractivity contribution is 6.09. The standard InChI is InChI=1S/C27H25N3O3/c1-18-9-13-23(14-10-18)30-20(3)26(19(2)29-30)28-25(31)17-33-24-15-11-22(12-16-24)27(32)21-7-5-4-6-8-21/h4-16H,17H2,1-3H3,(H,28,31). The second kappa shape index (κ2) is 9.53. The van der Waals surface area contributed by atoms with Gasteiger partial charge in [0.05, 0.1) is 22.8 Å². The smallest absolute Gasteiger partial charge is 0.262 e. The van der Waals surface area contributed by atoms with E-state index in [0.29, 0.717) is 22.6 Å². The Kier molecular flexibility index (Phi) is 6.36. The second-order valence-corrected chi connectivity index (χ2v) is 7.85. The van der Waals surface area contributed by atoms with Gasteiger partial charge in [-0.05, 0) is 57.2 Å². The average Bonchev–Trinajstić information content (AvgIpc) is 3.12. The molecule has 1 N–H and O–H groups in total. The minimum Gasteiger partial charge on any atom is -0.484 e. The van der Waals surface area contributed by atoms with Gasteiger partial charge in [-0.2, -0.15) is 5.10 Å². The zero-order chi connectivity index (χ0) is 23.4. The van der Waals surface area contributed by atoms with Crippen molar-refractivity contribution in [3.05, 3.63) is 107 Å². The minimum absolute atomic E-state index is 0.0589. The molecule has 1 heterocycles. The van der Waals surface area contributed by atoms with Gasteiger partial charge in [-0.3, -0.25) is 9.59 Å². The SMILES string of the molecule is Cc1ccc(-n2nc(C)c(NC(=O)COc3ccc(C(=O)c4ccccc4)cc3)c2C)cc1. The fraction of sp³-hybridized carbons (Fsp3) is 0.148. The molecule has 0 aliphatic rings. The van der Waals surface area contributed by atoms with Gasteiger partial charge in [0.2, 0.25) is 0 Å². The molecule has 0 unspecified atom stereocenters. The number of ketones is 1. The quantitative estimate of drug-likeness (QED) is 0.409. The maximum absolute atomic E-state index is 12.5. The molecule has 0 aliphatic heterocycles. The molecule has 0 aliphatic carbocycles. The third-order valence-electron chi connectivity index (χ3n) is 5.36. The van der Waals surface area contributed by atoms with E-state index < -0.39 is 0 Å². The summed E-state index contributed by atoms with van der Waals surface area (Å²) in [4.78, 5) is 25.0. The Labute approximate surface area is 192 Å². The summed E-state index contributed by atoms with van der Waals surface area (Å²) in [5, 5.41) is 7.46. The summed E-state index contributed by atoms with van der Waals surface area (Å²) in [6, 6.07) is 23.9. The van der Waals surface area contributed by atoms with Crippen LogP contribution in [-0.2, 0) is 4.79 Å². The van der Waals surface area contributed by atoms with Crippen LogP contribution < -0.4 is 10.1 Å². The fourth-order valence-corrected chi connectivity index (χ4v) is 3.54. The summed E-state index contributed by atoms with van der Waals surface area (Å²) in [6.45, 7) is 5.65. The molecule has 0 atom stereocenters. The van der Waals surface area contributed by atoms with Crippen LogP contribution in [0.5, 0.6) is 5.75 Å². The molecule has 0 fully saturated rings. The van der Waals surface area contributed by atoms with Crippen molar-refractivity contribution in [2.75, 3.05) is 11.9 Å². The molecule has 0 saturated carbocycles. The van der Waals surface area contributed by atoms with Gasteiger partial charge in [0.15, 0.2) is 12.4 Å². The zero-order valence-corrected chi connectivity index (χ0v) is 18.8. The largest absolute Gasteiger partial charge is 0.484 e. The Morgan fingerprint density at radius 1 is 0.848 bits per heavy atom. The summed E-state index contributed by atoms with van der Waals surface area (Å²) in [6.07, 6.45) is 0. The topological polar surface area (TPSA) is 73.2 Å². The Bertz CT molecular complexity index is 1270. The van der Waals surface area contributed by atoms with Crippen LogP contribution in [0.3, 0.4) is 0 Å². The highest BCUT2D eigenvalue weighted by Gasteiger charge is 2.16. The first-order valence-electron chi connectivity index (χ1n) is 10.7. The van der Waals surface area contributed by atoms with Crippen molar-refractivity contribution >= 4 is 17.4 Å². The number of nitrogens with one attached hydrogen (secondary N) is 1. The molecule has 6 nitrogen and oxygen atoms in total. The molecule has 4 aromatic rings. The van der Waals surface area contributed by atoms with E-state index >= 15 is 0 Å². The Hall–Kier alpha value is -4.19. The van der Waals surface area contributed by atoms with Crippen molar-refractivity contribution in [1.29, 1.82) is 0 Å². The van der Waals surface area contributed by atoms with Crippen LogP contribution in [0.15, 0.2) is 78.9 Å². The lowest BCUT2D eigenvalue weighted by molar-refractivity contribution is -0.118. The first-order chi connectivity index (χ1) is 15.9. The normalized spacial score (nSPS) is 10.6. The third kappa shape index (κ3) is 5.01. The van der Waals surface area contributed by atoms with E-state index in [1.807, 2.05) is 67.9 Å². The van der Waals surface area contributed by atoms with Crippen molar-refractivity contribution in [3.8, 4) is 11.4 Å². The van der Waals surface area contributed by atoms with Gasteiger partial charge in [0.25, 0.3) is 5.91 Å². The van der Waals surface area contributed by atoms with Crippen molar-refractivity contribution in [2.24, 2.45) is 0 Å². The number of hydrogen-bond donors (Lipinski definition) is 1. The Morgan fingerprint density at radius 3 is 2.15 bits per heavy atom. The molecular weight excluding hydrogens is 414 g/mol. The van der Waals surface area contributed by atoms with Crippen molar-refractivity contribution in [2.45, 2.75) is 20.8 Å². The molecule has 0 bridgehead atoms. The highest BCUT2D eigenvalue weighted by atomic mass is 16.5. The van der Waals surface area contributed by atoms with Gasteiger partial charge in [-0.15, -0.1) is 0 Å².